The summed E-state index contributed by atoms with van der Waals surface area (Å²) >= 11 is 0. The molecule has 19 heavy (non-hydrogen) atoms. The number of carbonyl (C=O) groups excluding carboxylic acids is 1. The van der Waals surface area contributed by atoms with Gasteiger partial charge in [0, 0.05) is 11.3 Å². The molecule has 0 bridgehead atoms. The Hall–Kier alpha value is -2.51. The van der Waals surface area contributed by atoms with Gasteiger partial charge in [0.2, 0.25) is 5.91 Å². The second-order valence-corrected chi connectivity index (χ2v) is 4.27. The molecule has 2 rings (SSSR count). The van der Waals surface area contributed by atoms with E-state index in [1.807, 2.05) is 0 Å². The fourth-order valence-electron chi connectivity index (χ4n) is 1.79. The molecule has 0 aliphatic heterocycles. The summed E-state index contributed by atoms with van der Waals surface area (Å²) in [4.78, 5) is 25.1. The Bertz CT molecular complexity index is 700. The molecule has 0 aliphatic rings. The second kappa shape index (κ2) is 4.63. The van der Waals surface area contributed by atoms with Crippen molar-refractivity contribution in [3.05, 3.63) is 33.0 Å². The van der Waals surface area contributed by atoms with Crippen molar-refractivity contribution >= 4 is 5.91 Å². The highest BCUT2D eigenvalue weighted by molar-refractivity contribution is 5.77. The Morgan fingerprint density at radius 3 is 2.53 bits per heavy atom. The molecule has 8 nitrogen and oxygen atoms in total. The summed E-state index contributed by atoms with van der Waals surface area (Å²) in [5.74, 6) is -0.221. The van der Waals surface area contributed by atoms with Crippen molar-refractivity contribution in [3.63, 3.8) is 0 Å². The first kappa shape index (κ1) is 12.9. The van der Waals surface area contributed by atoms with Crippen molar-refractivity contribution in [2.24, 2.45) is 5.73 Å². The number of aromatic nitrogens is 5. The summed E-state index contributed by atoms with van der Waals surface area (Å²) in [7, 11) is 0. The molecule has 0 unspecified atom stereocenters. The van der Waals surface area contributed by atoms with Gasteiger partial charge in [-0.3, -0.25) is 14.6 Å². The minimum atomic E-state index is -0.436. The van der Waals surface area contributed by atoms with Crippen LogP contribution in [0.25, 0.3) is 5.95 Å². The first-order valence-corrected chi connectivity index (χ1v) is 5.67. The quantitative estimate of drug-likeness (QED) is 0.758. The Labute approximate surface area is 108 Å². The number of nitrogens with one attached hydrogen (secondary N) is 1. The van der Waals surface area contributed by atoms with Crippen LogP contribution in [-0.2, 0) is 11.2 Å². The van der Waals surface area contributed by atoms with Crippen molar-refractivity contribution in [2.75, 3.05) is 0 Å². The zero-order valence-corrected chi connectivity index (χ0v) is 10.9. The van der Waals surface area contributed by atoms with E-state index in [0.717, 1.165) is 5.56 Å². The SMILES string of the molecule is Cc1nn(-c2nnc(C)c(=O)[nH]2)c(C)c1CC(N)=O. The summed E-state index contributed by atoms with van der Waals surface area (Å²) in [6, 6.07) is 0. The number of H-pyrrole nitrogens is 1. The van der Waals surface area contributed by atoms with Gasteiger partial charge in [0.1, 0.15) is 5.69 Å². The molecule has 8 heteroatoms. The predicted octanol–water partition coefficient (Wildman–Crippen LogP) is -0.696. The topological polar surface area (TPSA) is 120 Å². The van der Waals surface area contributed by atoms with Crippen molar-refractivity contribution in [1.29, 1.82) is 0 Å². The van der Waals surface area contributed by atoms with Gasteiger partial charge in [-0.1, -0.05) is 0 Å². The maximum Gasteiger partial charge on any atom is 0.274 e. The minimum Gasteiger partial charge on any atom is -0.369 e. The summed E-state index contributed by atoms with van der Waals surface area (Å²) in [6.07, 6.45) is 0.0984. The lowest BCUT2D eigenvalue weighted by molar-refractivity contribution is -0.117. The van der Waals surface area contributed by atoms with E-state index in [-0.39, 0.29) is 23.6 Å². The maximum absolute atomic E-state index is 11.5. The number of hydrogen-bond acceptors (Lipinski definition) is 5. The number of amides is 1. The molecular formula is C11H14N6O2. The number of aromatic amines is 1. The highest BCUT2D eigenvalue weighted by Gasteiger charge is 2.16. The third kappa shape index (κ3) is 2.37. The van der Waals surface area contributed by atoms with Crippen LogP contribution in [0.3, 0.4) is 0 Å². The van der Waals surface area contributed by atoms with E-state index in [4.69, 9.17) is 5.73 Å². The molecule has 0 saturated heterocycles. The van der Waals surface area contributed by atoms with E-state index in [1.165, 1.54) is 4.68 Å². The number of nitrogens with two attached hydrogens (primary N) is 1. The molecule has 0 spiro atoms. The molecular weight excluding hydrogens is 248 g/mol. The number of hydrogen-bond donors (Lipinski definition) is 2. The highest BCUT2D eigenvalue weighted by atomic mass is 16.1. The fourth-order valence-corrected chi connectivity index (χ4v) is 1.79. The van der Waals surface area contributed by atoms with Gasteiger partial charge in [0.25, 0.3) is 11.5 Å². The van der Waals surface area contributed by atoms with Crippen LogP contribution in [-0.4, -0.2) is 30.9 Å². The predicted molar refractivity (Wildman–Crippen MR) is 66.9 cm³/mol. The molecule has 100 valence electrons. The Morgan fingerprint density at radius 1 is 1.26 bits per heavy atom. The largest absolute Gasteiger partial charge is 0.369 e. The smallest absolute Gasteiger partial charge is 0.274 e. The monoisotopic (exact) mass is 262 g/mol. The number of rotatable bonds is 3. The summed E-state index contributed by atoms with van der Waals surface area (Å²) < 4.78 is 1.45. The highest BCUT2D eigenvalue weighted by Crippen LogP contribution is 2.15. The van der Waals surface area contributed by atoms with E-state index in [1.54, 1.807) is 20.8 Å². The molecule has 1 amide bonds. The average Bonchev–Trinajstić information content (AvgIpc) is 2.60. The van der Waals surface area contributed by atoms with Crippen LogP contribution in [0, 0.1) is 20.8 Å². The minimum absolute atomic E-state index is 0.0984. The Balaban J connectivity index is 2.54. The van der Waals surface area contributed by atoms with E-state index in [0.29, 0.717) is 11.4 Å². The van der Waals surface area contributed by atoms with Crippen molar-refractivity contribution < 1.29 is 4.79 Å². The van der Waals surface area contributed by atoms with Gasteiger partial charge in [0.15, 0.2) is 0 Å². The molecule has 0 atom stereocenters. The fraction of sp³-hybridized carbons (Fsp3) is 0.364. The van der Waals surface area contributed by atoms with Crippen LogP contribution < -0.4 is 11.3 Å². The Morgan fingerprint density at radius 2 is 1.95 bits per heavy atom. The number of nitrogens with zero attached hydrogens (tertiary/aromatic N) is 4. The molecule has 0 saturated carbocycles. The lowest BCUT2D eigenvalue weighted by Crippen LogP contribution is -2.19. The molecule has 0 radical (unpaired) electrons. The van der Waals surface area contributed by atoms with Crippen molar-refractivity contribution in [2.45, 2.75) is 27.2 Å². The van der Waals surface area contributed by atoms with Crippen molar-refractivity contribution in [3.8, 4) is 5.95 Å². The van der Waals surface area contributed by atoms with E-state index in [9.17, 15) is 9.59 Å². The van der Waals surface area contributed by atoms with Gasteiger partial charge in [0.05, 0.1) is 12.1 Å². The van der Waals surface area contributed by atoms with E-state index in [2.05, 4.69) is 20.3 Å². The zero-order chi connectivity index (χ0) is 14.2. The summed E-state index contributed by atoms with van der Waals surface area (Å²) in [5.41, 5.74) is 7.25. The molecule has 2 heterocycles. The first-order valence-electron chi connectivity index (χ1n) is 5.67. The summed E-state index contributed by atoms with van der Waals surface area (Å²) in [6.45, 7) is 5.11. The van der Waals surface area contributed by atoms with Crippen LogP contribution in [0.15, 0.2) is 4.79 Å². The van der Waals surface area contributed by atoms with E-state index < -0.39 is 5.91 Å². The van der Waals surface area contributed by atoms with Gasteiger partial charge in [-0.05, 0) is 20.8 Å². The van der Waals surface area contributed by atoms with E-state index >= 15 is 0 Å². The third-order valence-electron chi connectivity index (χ3n) is 2.84. The molecule has 0 aliphatic carbocycles. The van der Waals surface area contributed by atoms with Crippen LogP contribution in [0.4, 0.5) is 0 Å². The molecule has 3 N–H and O–H groups in total. The molecule has 0 fully saturated rings. The lowest BCUT2D eigenvalue weighted by atomic mass is 10.1. The lowest BCUT2D eigenvalue weighted by Gasteiger charge is -2.03. The zero-order valence-electron chi connectivity index (χ0n) is 10.9. The first-order chi connectivity index (χ1) is 8.90. The van der Waals surface area contributed by atoms with Crippen LogP contribution in [0.1, 0.15) is 22.6 Å². The summed E-state index contributed by atoms with van der Waals surface area (Å²) in [5, 5.41) is 11.9. The van der Waals surface area contributed by atoms with Crippen LogP contribution in [0.5, 0.6) is 0 Å². The van der Waals surface area contributed by atoms with Gasteiger partial charge in [-0.25, -0.2) is 4.68 Å². The van der Waals surface area contributed by atoms with Gasteiger partial charge in [-0.15, -0.1) is 10.2 Å². The molecule has 0 aromatic carbocycles. The van der Waals surface area contributed by atoms with Crippen LogP contribution in [0.2, 0.25) is 0 Å². The number of aryl methyl sites for hydroxylation is 2. The molecule has 2 aromatic rings. The van der Waals surface area contributed by atoms with Crippen LogP contribution >= 0.6 is 0 Å². The standard InChI is InChI=1S/C11H14N6O2/c1-5-8(4-9(12)18)7(3)17(16-5)11-13-10(19)6(2)14-15-11/h4H2,1-3H3,(H2,12,18)(H,13,15,19). The van der Waals surface area contributed by atoms with Gasteiger partial charge >= 0.3 is 0 Å². The normalized spacial score (nSPS) is 10.7. The third-order valence-corrected chi connectivity index (χ3v) is 2.84. The van der Waals surface area contributed by atoms with Gasteiger partial charge < -0.3 is 5.73 Å². The maximum atomic E-state index is 11.5. The molecule has 2 aromatic heterocycles. The van der Waals surface area contributed by atoms with Gasteiger partial charge in [-0.2, -0.15) is 5.10 Å². The van der Waals surface area contributed by atoms with Crippen molar-refractivity contribution in [1.82, 2.24) is 25.0 Å². The Kier molecular flexibility index (Phi) is 3.16. The average molecular weight is 262 g/mol. The number of carbonyl (C=O) groups is 1. The number of primary amides is 1. The second-order valence-electron chi connectivity index (χ2n) is 4.27.